The van der Waals surface area contributed by atoms with Gasteiger partial charge in [-0.25, -0.2) is 0 Å². The molecular formula is C17H18INO3. The lowest BCUT2D eigenvalue weighted by Crippen LogP contribution is -2.12. The van der Waals surface area contributed by atoms with E-state index in [4.69, 9.17) is 9.47 Å². The van der Waals surface area contributed by atoms with Gasteiger partial charge in [-0.15, -0.1) is 0 Å². The van der Waals surface area contributed by atoms with Crippen molar-refractivity contribution in [3.05, 3.63) is 51.6 Å². The minimum Gasteiger partial charge on any atom is -0.490 e. The number of anilines is 1. The third-order valence-corrected chi connectivity index (χ3v) is 3.63. The minimum absolute atomic E-state index is 0.176. The largest absolute Gasteiger partial charge is 0.490 e. The van der Waals surface area contributed by atoms with Crippen LogP contribution in [0.15, 0.2) is 42.5 Å². The summed E-state index contributed by atoms with van der Waals surface area (Å²) in [6, 6.07) is 12.8. The van der Waals surface area contributed by atoms with Crippen molar-refractivity contribution in [2.75, 3.05) is 18.5 Å². The molecule has 0 radical (unpaired) electrons. The Balaban J connectivity index is 2.18. The summed E-state index contributed by atoms with van der Waals surface area (Å²) in [5, 5.41) is 2.87. The van der Waals surface area contributed by atoms with E-state index in [1.165, 1.54) is 0 Å². The first-order valence-corrected chi connectivity index (χ1v) is 8.18. The van der Waals surface area contributed by atoms with Gasteiger partial charge in [0.15, 0.2) is 11.5 Å². The van der Waals surface area contributed by atoms with Gasteiger partial charge in [-0.2, -0.15) is 0 Å². The molecule has 0 aromatic heterocycles. The average molecular weight is 411 g/mol. The molecule has 0 unspecified atom stereocenters. The lowest BCUT2D eigenvalue weighted by atomic mass is 10.2. The highest BCUT2D eigenvalue weighted by molar-refractivity contribution is 14.1. The van der Waals surface area contributed by atoms with Crippen molar-refractivity contribution in [1.82, 2.24) is 0 Å². The SMILES string of the molecule is CCOc1ccc(C(=O)Nc2ccc(I)cc2)cc1OCC. The quantitative estimate of drug-likeness (QED) is 0.720. The molecule has 0 bridgehead atoms. The van der Waals surface area contributed by atoms with Crippen LogP contribution in [0.3, 0.4) is 0 Å². The molecule has 0 aliphatic heterocycles. The third-order valence-electron chi connectivity index (χ3n) is 2.91. The van der Waals surface area contributed by atoms with E-state index in [2.05, 4.69) is 27.9 Å². The van der Waals surface area contributed by atoms with Gasteiger partial charge < -0.3 is 14.8 Å². The Morgan fingerprint density at radius 2 is 1.64 bits per heavy atom. The fraction of sp³-hybridized carbons (Fsp3) is 0.235. The van der Waals surface area contributed by atoms with E-state index < -0.39 is 0 Å². The van der Waals surface area contributed by atoms with Crippen LogP contribution in [-0.2, 0) is 0 Å². The summed E-state index contributed by atoms with van der Waals surface area (Å²) in [6.45, 7) is 4.87. The lowest BCUT2D eigenvalue weighted by molar-refractivity contribution is 0.102. The molecule has 0 spiro atoms. The molecule has 2 aromatic rings. The number of carbonyl (C=O) groups is 1. The van der Waals surface area contributed by atoms with E-state index in [1.807, 2.05) is 38.1 Å². The number of halogens is 1. The van der Waals surface area contributed by atoms with Crippen LogP contribution >= 0.6 is 22.6 Å². The Labute approximate surface area is 144 Å². The summed E-state index contributed by atoms with van der Waals surface area (Å²) in [5.74, 6) is 1.06. The van der Waals surface area contributed by atoms with Crippen molar-refractivity contribution in [3.63, 3.8) is 0 Å². The standard InChI is InChI=1S/C17H18INO3/c1-3-21-15-10-5-12(11-16(15)22-4-2)17(20)19-14-8-6-13(18)7-9-14/h5-11H,3-4H2,1-2H3,(H,19,20). The van der Waals surface area contributed by atoms with Crippen LogP contribution in [0.25, 0.3) is 0 Å². The smallest absolute Gasteiger partial charge is 0.255 e. The van der Waals surface area contributed by atoms with Crippen molar-refractivity contribution in [2.24, 2.45) is 0 Å². The van der Waals surface area contributed by atoms with Gasteiger partial charge in [0.25, 0.3) is 5.91 Å². The normalized spacial score (nSPS) is 10.1. The van der Waals surface area contributed by atoms with Crippen molar-refractivity contribution in [3.8, 4) is 11.5 Å². The lowest BCUT2D eigenvalue weighted by Gasteiger charge is -2.12. The molecule has 2 rings (SSSR count). The topological polar surface area (TPSA) is 47.6 Å². The fourth-order valence-electron chi connectivity index (χ4n) is 1.93. The molecule has 5 heteroatoms. The summed E-state index contributed by atoms with van der Waals surface area (Å²) in [4.78, 5) is 12.3. The van der Waals surface area contributed by atoms with Crippen LogP contribution in [0.2, 0.25) is 0 Å². The Morgan fingerprint density at radius 1 is 1.00 bits per heavy atom. The minimum atomic E-state index is -0.176. The summed E-state index contributed by atoms with van der Waals surface area (Å²) >= 11 is 2.22. The fourth-order valence-corrected chi connectivity index (χ4v) is 2.29. The Kier molecular flexibility index (Phi) is 6.06. The van der Waals surface area contributed by atoms with E-state index in [0.717, 1.165) is 9.26 Å². The number of hydrogen-bond donors (Lipinski definition) is 1. The van der Waals surface area contributed by atoms with Crippen molar-refractivity contribution in [1.29, 1.82) is 0 Å². The van der Waals surface area contributed by atoms with Crippen LogP contribution in [0.1, 0.15) is 24.2 Å². The van der Waals surface area contributed by atoms with Crippen molar-refractivity contribution in [2.45, 2.75) is 13.8 Å². The monoisotopic (exact) mass is 411 g/mol. The first kappa shape index (κ1) is 16.6. The number of amides is 1. The molecule has 116 valence electrons. The second kappa shape index (κ2) is 8.03. The van der Waals surface area contributed by atoms with E-state index in [0.29, 0.717) is 30.3 Å². The van der Waals surface area contributed by atoms with Crippen LogP contribution < -0.4 is 14.8 Å². The molecule has 22 heavy (non-hydrogen) atoms. The maximum absolute atomic E-state index is 12.3. The first-order valence-electron chi connectivity index (χ1n) is 7.10. The highest BCUT2D eigenvalue weighted by atomic mass is 127. The average Bonchev–Trinajstić information content (AvgIpc) is 2.51. The molecule has 0 atom stereocenters. The van der Waals surface area contributed by atoms with E-state index in [1.54, 1.807) is 18.2 Å². The van der Waals surface area contributed by atoms with E-state index in [-0.39, 0.29) is 5.91 Å². The molecule has 1 amide bonds. The van der Waals surface area contributed by atoms with Gasteiger partial charge in [0.1, 0.15) is 0 Å². The molecule has 0 heterocycles. The van der Waals surface area contributed by atoms with Gasteiger partial charge in [0.2, 0.25) is 0 Å². The second-order valence-electron chi connectivity index (χ2n) is 4.49. The third kappa shape index (κ3) is 4.37. The van der Waals surface area contributed by atoms with Gasteiger partial charge in [0, 0.05) is 14.8 Å². The van der Waals surface area contributed by atoms with Gasteiger partial charge in [-0.3, -0.25) is 4.79 Å². The number of hydrogen-bond acceptors (Lipinski definition) is 3. The van der Waals surface area contributed by atoms with Crippen molar-refractivity contribution >= 4 is 34.2 Å². The van der Waals surface area contributed by atoms with Crippen LogP contribution in [0.4, 0.5) is 5.69 Å². The van der Waals surface area contributed by atoms with Crippen molar-refractivity contribution < 1.29 is 14.3 Å². The van der Waals surface area contributed by atoms with E-state index >= 15 is 0 Å². The molecule has 0 fully saturated rings. The maximum Gasteiger partial charge on any atom is 0.255 e. The van der Waals surface area contributed by atoms with E-state index in [9.17, 15) is 4.79 Å². The second-order valence-corrected chi connectivity index (χ2v) is 5.73. The maximum atomic E-state index is 12.3. The number of rotatable bonds is 6. The zero-order chi connectivity index (χ0) is 15.9. The molecule has 4 nitrogen and oxygen atoms in total. The predicted molar refractivity (Wildman–Crippen MR) is 95.9 cm³/mol. The first-order chi connectivity index (χ1) is 10.6. The molecule has 0 aliphatic carbocycles. The summed E-state index contributed by atoms with van der Waals surface area (Å²) in [7, 11) is 0. The zero-order valence-corrected chi connectivity index (χ0v) is 14.7. The van der Waals surface area contributed by atoms with Gasteiger partial charge in [-0.05, 0) is 78.9 Å². The highest BCUT2D eigenvalue weighted by Crippen LogP contribution is 2.28. The van der Waals surface area contributed by atoms with Crippen LogP contribution in [0.5, 0.6) is 11.5 Å². The predicted octanol–water partition coefficient (Wildman–Crippen LogP) is 4.34. The zero-order valence-electron chi connectivity index (χ0n) is 12.6. The molecule has 1 N–H and O–H groups in total. The number of carbonyl (C=O) groups excluding carboxylic acids is 1. The number of nitrogens with one attached hydrogen (secondary N) is 1. The molecule has 0 saturated carbocycles. The summed E-state index contributed by atoms with van der Waals surface area (Å²) in [6.07, 6.45) is 0. The van der Waals surface area contributed by atoms with Gasteiger partial charge in [-0.1, -0.05) is 0 Å². The molecule has 0 saturated heterocycles. The van der Waals surface area contributed by atoms with Gasteiger partial charge in [0.05, 0.1) is 13.2 Å². The van der Waals surface area contributed by atoms with Gasteiger partial charge >= 0.3 is 0 Å². The van der Waals surface area contributed by atoms with Crippen LogP contribution in [0, 0.1) is 3.57 Å². The number of benzene rings is 2. The molecular weight excluding hydrogens is 393 g/mol. The molecule has 0 aliphatic rings. The number of ether oxygens (including phenoxy) is 2. The summed E-state index contributed by atoms with van der Waals surface area (Å²) in [5.41, 5.74) is 1.29. The molecule has 2 aromatic carbocycles. The summed E-state index contributed by atoms with van der Waals surface area (Å²) < 4.78 is 12.2. The highest BCUT2D eigenvalue weighted by Gasteiger charge is 2.11. The Bertz CT molecular complexity index is 641. The Morgan fingerprint density at radius 3 is 2.27 bits per heavy atom. The van der Waals surface area contributed by atoms with Crippen LogP contribution in [-0.4, -0.2) is 19.1 Å². The Hall–Kier alpha value is -1.76.